The Labute approximate surface area is 277 Å². The molecule has 47 heavy (non-hydrogen) atoms. The van der Waals surface area contributed by atoms with Crippen molar-refractivity contribution in [3.63, 3.8) is 0 Å². The molecule has 0 saturated heterocycles. The molecule has 0 radical (unpaired) electrons. The zero-order chi connectivity index (χ0) is 33.6. The number of benzene rings is 3. The van der Waals surface area contributed by atoms with E-state index in [1.54, 1.807) is 0 Å². The summed E-state index contributed by atoms with van der Waals surface area (Å²) < 4.78 is 27.9. The van der Waals surface area contributed by atoms with E-state index in [1.165, 1.54) is 28.3 Å². The van der Waals surface area contributed by atoms with Gasteiger partial charge in [-0.1, -0.05) is 42.5 Å². The van der Waals surface area contributed by atoms with Crippen LogP contribution in [0, 0.1) is 33.5 Å². The predicted molar refractivity (Wildman–Crippen MR) is 183 cm³/mol. The van der Waals surface area contributed by atoms with Gasteiger partial charge in [-0.15, -0.1) is 0 Å². The van der Waals surface area contributed by atoms with Crippen molar-refractivity contribution in [3.8, 4) is 28.0 Å². The molecule has 0 bridgehead atoms. The van der Waals surface area contributed by atoms with Crippen LogP contribution in [0.4, 0.5) is 4.39 Å². The number of aryl methyl sites for hydroxylation is 3. The summed E-state index contributed by atoms with van der Waals surface area (Å²) in [6.07, 6.45) is 1.07. The molecule has 3 heterocycles. The Morgan fingerprint density at radius 1 is 1.02 bits per heavy atom. The molecular formula is C40H45FN2O4. The highest BCUT2D eigenvalue weighted by molar-refractivity contribution is 5.92. The molecule has 1 N–H and O–H groups in total. The van der Waals surface area contributed by atoms with Gasteiger partial charge in [0.05, 0.1) is 12.2 Å². The molecule has 2 aliphatic rings. The highest BCUT2D eigenvalue weighted by Gasteiger charge is 2.35. The van der Waals surface area contributed by atoms with Gasteiger partial charge in [0.2, 0.25) is 0 Å². The van der Waals surface area contributed by atoms with Crippen molar-refractivity contribution in [2.75, 3.05) is 13.2 Å². The Bertz CT molecular complexity index is 1860. The first-order valence-electron chi connectivity index (χ1n) is 16.6. The first kappa shape index (κ1) is 32.9. The lowest BCUT2D eigenvalue weighted by molar-refractivity contribution is -0.160. The minimum Gasteiger partial charge on any atom is -0.490 e. The van der Waals surface area contributed by atoms with Crippen molar-refractivity contribution in [2.45, 2.75) is 92.5 Å². The third-order valence-corrected chi connectivity index (χ3v) is 9.51. The van der Waals surface area contributed by atoms with Gasteiger partial charge in [0.1, 0.15) is 0 Å². The number of hydrogen-bond donors (Lipinski definition) is 1. The van der Waals surface area contributed by atoms with Crippen LogP contribution in [0.2, 0.25) is 0 Å². The number of fused-ring (bicyclic) bond motifs is 2. The fraction of sp³-hybridized carbons (Fsp3) is 0.400. The topological polar surface area (TPSA) is 71.9 Å². The van der Waals surface area contributed by atoms with Crippen LogP contribution in [0.1, 0.15) is 83.6 Å². The molecular weight excluding hydrogens is 591 g/mol. The maximum Gasteiger partial charge on any atom is 0.337 e. The number of ether oxygens (including phenoxy) is 2. The lowest BCUT2D eigenvalue weighted by Crippen LogP contribution is -2.30. The van der Waals surface area contributed by atoms with Gasteiger partial charge < -0.3 is 14.6 Å². The first-order chi connectivity index (χ1) is 22.3. The molecule has 4 aromatic rings. The van der Waals surface area contributed by atoms with Crippen molar-refractivity contribution in [1.82, 2.24) is 9.88 Å². The Hall–Kier alpha value is -4.07. The fourth-order valence-corrected chi connectivity index (χ4v) is 7.25. The third kappa shape index (κ3) is 6.56. The zero-order valence-corrected chi connectivity index (χ0v) is 28.6. The summed E-state index contributed by atoms with van der Waals surface area (Å²) in [5.41, 5.74) is 11.0. The van der Waals surface area contributed by atoms with Gasteiger partial charge >= 0.3 is 5.97 Å². The van der Waals surface area contributed by atoms with E-state index in [0.717, 1.165) is 60.4 Å². The second kappa shape index (κ2) is 12.9. The summed E-state index contributed by atoms with van der Waals surface area (Å²) in [6, 6.07) is 16.6. The van der Waals surface area contributed by atoms with Crippen molar-refractivity contribution in [1.29, 1.82) is 0 Å². The number of pyridine rings is 1. The van der Waals surface area contributed by atoms with Gasteiger partial charge in [0.25, 0.3) is 0 Å². The number of carboxylic acid groups (broad SMARTS) is 1. The largest absolute Gasteiger partial charge is 0.490 e. The molecule has 2 aliphatic heterocycles. The van der Waals surface area contributed by atoms with Crippen molar-refractivity contribution >= 4 is 5.97 Å². The van der Waals surface area contributed by atoms with Gasteiger partial charge in [-0.3, -0.25) is 9.88 Å². The van der Waals surface area contributed by atoms with E-state index in [9.17, 15) is 9.90 Å². The molecule has 246 valence electrons. The quantitative estimate of drug-likeness (QED) is 0.219. The van der Waals surface area contributed by atoms with E-state index in [2.05, 4.69) is 54.3 Å². The van der Waals surface area contributed by atoms with Crippen LogP contribution >= 0.6 is 0 Å². The summed E-state index contributed by atoms with van der Waals surface area (Å²) in [5.74, 6) is -1.25. The van der Waals surface area contributed by atoms with Crippen LogP contribution in [0.3, 0.4) is 0 Å². The Kier molecular flexibility index (Phi) is 8.98. The van der Waals surface area contributed by atoms with Gasteiger partial charge in [-0.05, 0) is 118 Å². The normalized spacial score (nSPS) is 15.5. The standard InChI is InChI=1S/C40H45FN2O4/c1-23-11-8-9-12-29(23)21-43-17-16-27-19-28(14-15-30(27)22-43)34-25(3)42-26(4)35(38(39(44)45)47-40(5,6)7)36(34)32-20-33(41)37-31(24(32)2)13-10-18-46-37/h8-9,11-12,14-15,19-20,38H,10,13,16-18,21-22H2,1-7H3,(H,44,45)/t38-/m0/s1. The highest BCUT2D eigenvalue weighted by atomic mass is 19.1. The van der Waals surface area contributed by atoms with Crippen molar-refractivity contribution < 1.29 is 23.8 Å². The number of carbonyl (C=O) groups is 1. The molecule has 0 spiro atoms. The van der Waals surface area contributed by atoms with Crippen LogP contribution in [-0.4, -0.2) is 39.7 Å². The minimum absolute atomic E-state index is 0.299. The summed E-state index contributed by atoms with van der Waals surface area (Å²) >= 11 is 0. The smallest absolute Gasteiger partial charge is 0.337 e. The Balaban J connectivity index is 1.52. The molecule has 3 aromatic carbocycles. The zero-order valence-electron chi connectivity index (χ0n) is 28.6. The monoisotopic (exact) mass is 636 g/mol. The summed E-state index contributed by atoms with van der Waals surface area (Å²) in [4.78, 5) is 20.4. The second-order valence-corrected chi connectivity index (χ2v) is 14.1. The molecule has 0 amide bonds. The van der Waals surface area contributed by atoms with Crippen LogP contribution < -0.4 is 4.74 Å². The number of aromatic nitrogens is 1. The van der Waals surface area contributed by atoms with Crippen molar-refractivity contribution in [2.24, 2.45) is 0 Å². The Morgan fingerprint density at radius 3 is 2.51 bits per heavy atom. The Morgan fingerprint density at radius 2 is 1.79 bits per heavy atom. The fourth-order valence-electron chi connectivity index (χ4n) is 7.25. The SMILES string of the molecule is Cc1ccccc1CN1CCc2cc(-c3c(C)nc(C)c([C@H](OC(C)(C)C)C(=O)O)c3-c3cc(F)c4c(c3C)CCCO4)ccc2C1. The second-order valence-electron chi connectivity index (χ2n) is 14.1. The first-order valence-corrected chi connectivity index (χ1v) is 16.6. The van der Waals surface area contributed by atoms with E-state index in [4.69, 9.17) is 14.5 Å². The molecule has 7 heteroatoms. The lowest BCUT2D eigenvalue weighted by Gasteiger charge is -2.31. The number of carboxylic acids is 1. The molecule has 0 fully saturated rings. The van der Waals surface area contributed by atoms with Crippen LogP contribution in [0.5, 0.6) is 5.75 Å². The average molecular weight is 637 g/mol. The van der Waals surface area contributed by atoms with Gasteiger partial charge in [-0.2, -0.15) is 0 Å². The molecule has 0 saturated carbocycles. The third-order valence-electron chi connectivity index (χ3n) is 9.51. The van der Waals surface area contributed by atoms with E-state index >= 15 is 4.39 Å². The molecule has 6 nitrogen and oxygen atoms in total. The molecule has 1 atom stereocenters. The van der Waals surface area contributed by atoms with Gasteiger partial charge in [-0.25, -0.2) is 9.18 Å². The summed E-state index contributed by atoms with van der Waals surface area (Å²) in [7, 11) is 0. The molecule has 0 aliphatic carbocycles. The van der Waals surface area contributed by atoms with E-state index < -0.39 is 23.5 Å². The van der Waals surface area contributed by atoms with Crippen molar-refractivity contribution in [3.05, 3.63) is 105 Å². The number of aliphatic carboxylic acids is 1. The van der Waals surface area contributed by atoms with E-state index in [0.29, 0.717) is 41.2 Å². The van der Waals surface area contributed by atoms with Crippen LogP contribution in [-0.2, 0) is 35.5 Å². The predicted octanol–water partition coefficient (Wildman–Crippen LogP) is 8.61. The van der Waals surface area contributed by atoms with E-state index in [-0.39, 0.29) is 0 Å². The molecule has 6 rings (SSSR count). The number of halogens is 1. The molecule has 0 unspecified atom stereocenters. The average Bonchev–Trinajstić information content (AvgIpc) is 3.02. The van der Waals surface area contributed by atoms with Crippen LogP contribution in [0.25, 0.3) is 22.3 Å². The van der Waals surface area contributed by atoms with Gasteiger partial charge in [0, 0.05) is 47.7 Å². The van der Waals surface area contributed by atoms with Gasteiger partial charge in [0.15, 0.2) is 17.7 Å². The molecule has 1 aromatic heterocycles. The number of rotatable bonds is 7. The maximum absolute atomic E-state index is 15.8. The van der Waals surface area contributed by atoms with E-state index in [1.807, 2.05) is 41.5 Å². The highest BCUT2D eigenvalue weighted by Crippen LogP contribution is 2.47. The minimum atomic E-state index is -1.31. The summed E-state index contributed by atoms with van der Waals surface area (Å²) in [6.45, 7) is 16.6. The van der Waals surface area contributed by atoms with Crippen LogP contribution in [0.15, 0.2) is 48.5 Å². The number of hydrogen-bond acceptors (Lipinski definition) is 5. The number of nitrogens with zero attached hydrogens (tertiary/aromatic N) is 2. The summed E-state index contributed by atoms with van der Waals surface area (Å²) in [5, 5.41) is 10.6. The maximum atomic E-state index is 15.8. The lowest BCUT2D eigenvalue weighted by atomic mass is 9.82.